The molecule has 16 heavy (non-hydrogen) atoms. The Morgan fingerprint density at radius 2 is 1.75 bits per heavy atom. The zero-order valence-electron chi connectivity index (χ0n) is 11.1. The van der Waals surface area contributed by atoms with Crippen molar-refractivity contribution < 1.29 is 9.59 Å². The number of ketones is 2. The molecule has 0 radical (unpaired) electrons. The van der Waals surface area contributed by atoms with Gasteiger partial charge in [0.1, 0.15) is 5.78 Å². The lowest BCUT2D eigenvalue weighted by atomic mass is 9.84. The molecule has 0 N–H and O–H groups in total. The van der Waals surface area contributed by atoms with Crippen molar-refractivity contribution in [3.8, 4) is 0 Å². The standard InChI is InChI=1S/C14H24O2/c1-6-14(4,5)10-12(15)8-7-9-13(16)11(2)3/h2,6-10H2,1,3-5H3. The molecule has 0 heterocycles. The second kappa shape index (κ2) is 6.62. The molecule has 0 saturated heterocycles. The molecule has 0 spiro atoms. The van der Waals surface area contributed by atoms with Gasteiger partial charge in [-0.2, -0.15) is 0 Å². The number of carbonyl (C=O) groups is 2. The summed E-state index contributed by atoms with van der Waals surface area (Å²) in [5, 5.41) is 0. The third-order valence-corrected chi connectivity index (χ3v) is 2.97. The highest BCUT2D eigenvalue weighted by atomic mass is 16.1. The molecule has 0 aromatic rings. The van der Waals surface area contributed by atoms with Gasteiger partial charge in [0.05, 0.1) is 0 Å². The highest BCUT2D eigenvalue weighted by Crippen LogP contribution is 2.25. The van der Waals surface area contributed by atoms with Crippen LogP contribution < -0.4 is 0 Å². The zero-order valence-corrected chi connectivity index (χ0v) is 11.1. The first-order valence-electron chi connectivity index (χ1n) is 5.99. The van der Waals surface area contributed by atoms with Gasteiger partial charge in [-0.3, -0.25) is 9.59 Å². The number of Topliss-reactive ketones (excluding diaryl/α,β-unsaturated/α-hetero) is 2. The lowest BCUT2D eigenvalue weighted by Gasteiger charge is -2.21. The summed E-state index contributed by atoms with van der Waals surface area (Å²) in [7, 11) is 0. The summed E-state index contributed by atoms with van der Waals surface area (Å²) in [5.41, 5.74) is 0.677. The summed E-state index contributed by atoms with van der Waals surface area (Å²) in [4.78, 5) is 22.9. The van der Waals surface area contributed by atoms with Crippen LogP contribution in [-0.2, 0) is 9.59 Å². The molecule has 0 aromatic heterocycles. The van der Waals surface area contributed by atoms with E-state index in [1.54, 1.807) is 6.92 Å². The van der Waals surface area contributed by atoms with Crippen LogP contribution in [-0.4, -0.2) is 11.6 Å². The Bertz CT molecular complexity index is 274. The number of carbonyl (C=O) groups excluding carboxylic acids is 2. The molecule has 0 saturated carbocycles. The van der Waals surface area contributed by atoms with E-state index in [-0.39, 0.29) is 17.0 Å². The van der Waals surface area contributed by atoms with E-state index in [0.717, 1.165) is 6.42 Å². The van der Waals surface area contributed by atoms with Gasteiger partial charge in [-0.1, -0.05) is 33.8 Å². The quantitative estimate of drug-likeness (QED) is 0.589. The summed E-state index contributed by atoms with van der Waals surface area (Å²) >= 11 is 0. The third-order valence-electron chi connectivity index (χ3n) is 2.97. The van der Waals surface area contributed by atoms with Crippen molar-refractivity contribution in [3.63, 3.8) is 0 Å². The highest BCUT2D eigenvalue weighted by molar-refractivity contribution is 5.94. The number of rotatable bonds is 8. The van der Waals surface area contributed by atoms with E-state index in [1.807, 2.05) is 0 Å². The number of allylic oxidation sites excluding steroid dienone is 1. The minimum atomic E-state index is 0.0718. The molecule has 2 nitrogen and oxygen atoms in total. The summed E-state index contributed by atoms with van der Waals surface area (Å²) in [6.45, 7) is 11.6. The van der Waals surface area contributed by atoms with Crippen LogP contribution in [0.4, 0.5) is 0 Å². The normalized spacial score (nSPS) is 11.2. The molecule has 0 aliphatic carbocycles. The van der Waals surface area contributed by atoms with Crippen LogP contribution in [0.15, 0.2) is 12.2 Å². The Morgan fingerprint density at radius 1 is 1.19 bits per heavy atom. The lowest BCUT2D eigenvalue weighted by Crippen LogP contribution is -2.16. The molecule has 0 rings (SSSR count). The molecule has 92 valence electrons. The van der Waals surface area contributed by atoms with Crippen LogP contribution in [0.1, 0.15) is 59.8 Å². The summed E-state index contributed by atoms with van der Waals surface area (Å²) in [6, 6.07) is 0. The van der Waals surface area contributed by atoms with E-state index >= 15 is 0 Å². The smallest absolute Gasteiger partial charge is 0.158 e. The minimum Gasteiger partial charge on any atom is -0.300 e. The van der Waals surface area contributed by atoms with Gasteiger partial charge in [-0.05, 0) is 24.3 Å². The maximum absolute atomic E-state index is 11.6. The molecular weight excluding hydrogens is 200 g/mol. The van der Waals surface area contributed by atoms with Crippen LogP contribution >= 0.6 is 0 Å². The Hall–Kier alpha value is -0.920. The monoisotopic (exact) mass is 224 g/mol. The maximum Gasteiger partial charge on any atom is 0.158 e. The first-order valence-corrected chi connectivity index (χ1v) is 5.99. The molecule has 2 heteroatoms. The summed E-state index contributed by atoms with van der Waals surface area (Å²) in [6.07, 6.45) is 3.24. The van der Waals surface area contributed by atoms with Gasteiger partial charge in [0.2, 0.25) is 0 Å². The van der Waals surface area contributed by atoms with Crippen molar-refractivity contribution in [1.82, 2.24) is 0 Å². The van der Waals surface area contributed by atoms with Crippen LogP contribution in [0.2, 0.25) is 0 Å². The van der Waals surface area contributed by atoms with Crippen molar-refractivity contribution in [3.05, 3.63) is 12.2 Å². The van der Waals surface area contributed by atoms with Crippen LogP contribution in [0.3, 0.4) is 0 Å². The molecule has 0 atom stereocenters. The SMILES string of the molecule is C=C(C)C(=O)CCCC(=O)CC(C)(C)CC. The second-order valence-electron chi connectivity index (χ2n) is 5.29. The molecule has 0 aromatic carbocycles. The number of hydrogen-bond donors (Lipinski definition) is 0. The van der Waals surface area contributed by atoms with Gasteiger partial charge in [0.25, 0.3) is 0 Å². The van der Waals surface area contributed by atoms with E-state index in [4.69, 9.17) is 0 Å². The fourth-order valence-corrected chi connectivity index (χ4v) is 1.41. The Kier molecular flexibility index (Phi) is 6.24. The molecule has 0 aliphatic heterocycles. The third kappa shape index (κ3) is 6.54. The van der Waals surface area contributed by atoms with Crippen molar-refractivity contribution in [2.24, 2.45) is 5.41 Å². The predicted molar refractivity (Wildman–Crippen MR) is 67.4 cm³/mol. The van der Waals surface area contributed by atoms with Gasteiger partial charge in [0.15, 0.2) is 5.78 Å². The average molecular weight is 224 g/mol. The molecule has 0 bridgehead atoms. The molecule has 0 amide bonds. The van der Waals surface area contributed by atoms with Crippen LogP contribution in [0.25, 0.3) is 0 Å². The Balaban J connectivity index is 3.83. The van der Waals surface area contributed by atoms with E-state index in [1.165, 1.54) is 0 Å². The van der Waals surface area contributed by atoms with E-state index < -0.39 is 0 Å². The van der Waals surface area contributed by atoms with Gasteiger partial charge in [-0.25, -0.2) is 0 Å². The van der Waals surface area contributed by atoms with Gasteiger partial charge >= 0.3 is 0 Å². The first-order chi connectivity index (χ1) is 7.28. The zero-order chi connectivity index (χ0) is 12.8. The Morgan fingerprint density at radius 3 is 2.19 bits per heavy atom. The minimum absolute atomic E-state index is 0.0718. The van der Waals surface area contributed by atoms with E-state index in [0.29, 0.717) is 31.3 Å². The average Bonchev–Trinajstić information content (AvgIpc) is 2.16. The fourth-order valence-electron chi connectivity index (χ4n) is 1.41. The fraction of sp³-hybridized carbons (Fsp3) is 0.714. The van der Waals surface area contributed by atoms with Gasteiger partial charge in [-0.15, -0.1) is 0 Å². The summed E-state index contributed by atoms with van der Waals surface area (Å²) < 4.78 is 0. The van der Waals surface area contributed by atoms with E-state index in [2.05, 4.69) is 27.4 Å². The molecular formula is C14H24O2. The topological polar surface area (TPSA) is 34.1 Å². The molecule has 0 aliphatic rings. The van der Waals surface area contributed by atoms with Crippen LogP contribution in [0, 0.1) is 5.41 Å². The molecule has 0 unspecified atom stereocenters. The maximum atomic E-state index is 11.6. The van der Waals surface area contributed by atoms with E-state index in [9.17, 15) is 9.59 Å². The van der Waals surface area contributed by atoms with Crippen molar-refractivity contribution in [2.45, 2.75) is 59.8 Å². The highest BCUT2D eigenvalue weighted by Gasteiger charge is 2.19. The first kappa shape index (κ1) is 15.1. The number of hydrogen-bond acceptors (Lipinski definition) is 2. The second-order valence-corrected chi connectivity index (χ2v) is 5.29. The summed E-state index contributed by atoms with van der Waals surface area (Å²) in [5.74, 6) is 0.337. The van der Waals surface area contributed by atoms with Gasteiger partial charge < -0.3 is 0 Å². The predicted octanol–water partition coefficient (Wildman–Crippen LogP) is 3.70. The van der Waals surface area contributed by atoms with Crippen molar-refractivity contribution in [1.29, 1.82) is 0 Å². The largest absolute Gasteiger partial charge is 0.300 e. The van der Waals surface area contributed by atoms with Crippen molar-refractivity contribution in [2.75, 3.05) is 0 Å². The van der Waals surface area contributed by atoms with Crippen LogP contribution in [0.5, 0.6) is 0 Å². The lowest BCUT2D eigenvalue weighted by molar-refractivity contribution is -0.121. The van der Waals surface area contributed by atoms with Crippen molar-refractivity contribution >= 4 is 11.6 Å². The van der Waals surface area contributed by atoms with Gasteiger partial charge in [0, 0.05) is 19.3 Å². The molecule has 0 fully saturated rings. The Labute approximate surface area is 99.1 Å².